The van der Waals surface area contributed by atoms with Gasteiger partial charge in [-0.25, -0.2) is 0 Å². The summed E-state index contributed by atoms with van der Waals surface area (Å²) in [4.78, 5) is 4.00. The minimum atomic E-state index is 0.464. The molecule has 0 amide bonds. The quantitative estimate of drug-likeness (QED) is 0.404. The molecule has 10 heavy (non-hydrogen) atoms. The van der Waals surface area contributed by atoms with Crippen LogP contribution in [0.15, 0.2) is 35.3 Å². The average molecular weight is 198 g/mol. The number of rotatable bonds is 1. The Morgan fingerprint density at radius 1 is 1.30 bits per heavy atom. The summed E-state index contributed by atoms with van der Waals surface area (Å²) in [5.41, 5.74) is 6.19. The van der Waals surface area contributed by atoms with Crippen molar-refractivity contribution in [2.45, 2.75) is 0 Å². The molecule has 51 valence electrons. The van der Waals surface area contributed by atoms with Crippen molar-refractivity contribution in [2.75, 3.05) is 0 Å². The first-order valence-electron chi connectivity index (χ1n) is 2.85. The first-order valence-corrected chi connectivity index (χ1v) is 3.71. The van der Waals surface area contributed by atoms with Gasteiger partial charge in [-0.1, -0.05) is 0 Å². The molecule has 0 aliphatic carbocycles. The molecule has 2 nitrogen and oxygen atoms in total. The van der Waals surface area contributed by atoms with Crippen molar-refractivity contribution in [1.82, 2.24) is 0 Å². The van der Waals surface area contributed by atoms with Crippen LogP contribution >= 0.6 is 0 Å². The van der Waals surface area contributed by atoms with E-state index in [9.17, 15) is 0 Å². The molecule has 1 rings (SSSR count). The molecule has 0 fully saturated rings. The van der Waals surface area contributed by atoms with Gasteiger partial charge in [-0.3, -0.25) is 0 Å². The SMILES string of the molecule is NC([Se])=Nc1ccccc1. The Kier molecular flexibility index (Phi) is 2.49. The molecular weight excluding hydrogens is 191 g/mol. The van der Waals surface area contributed by atoms with Gasteiger partial charge >= 0.3 is 67.5 Å². The van der Waals surface area contributed by atoms with Crippen LogP contribution in [0.25, 0.3) is 0 Å². The molecule has 0 spiro atoms. The second kappa shape index (κ2) is 3.40. The van der Waals surface area contributed by atoms with Gasteiger partial charge < -0.3 is 0 Å². The van der Waals surface area contributed by atoms with Crippen molar-refractivity contribution in [2.24, 2.45) is 10.7 Å². The number of amidine groups is 1. The molecule has 0 unspecified atom stereocenters. The number of hydrogen-bond donors (Lipinski definition) is 1. The zero-order valence-electron chi connectivity index (χ0n) is 5.32. The molecule has 0 saturated heterocycles. The maximum atomic E-state index is 5.32. The van der Waals surface area contributed by atoms with E-state index in [1.54, 1.807) is 0 Å². The number of para-hydroxylation sites is 1. The van der Waals surface area contributed by atoms with Gasteiger partial charge in [-0.15, -0.1) is 0 Å². The van der Waals surface area contributed by atoms with Crippen molar-refractivity contribution >= 4 is 26.4 Å². The predicted octanol–water partition coefficient (Wildman–Crippen LogP) is 0.801. The van der Waals surface area contributed by atoms with Gasteiger partial charge in [0, 0.05) is 0 Å². The Morgan fingerprint density at radius 2 is 1.90 bits per heavy atom. The van der Waals surface area contributed by atoms with E-state index in [4.69, 9.17) is 5.73 Å². The van der Waals surface area contributed by atoms with Crippen LogP contribution < -0.4 is 5.73 Å². The van der Waals surface area contributed by atoms with Gasteiger partial charge in [0.15, 0.2) is 0 Å². The van der Waals surface area contributed by atoms with E-state index in [2.05, 4.69) is 21.0 Å². The first-order chi connectivity index (χ1) is 4.79. The third kappa shape index (κ3) is 2.21. The summed E-state index contributed by atoms with van der Waals surface area (Å²) in [7, 11) is 0. The zero-order chi connectivity index (χ0) is 7.40. The third-order valence-corrected chi connectivity index (χ3v) is 1.19. The topological polar surface area (TPSA) is 38.4 Å². The molecule has 0 aliphatic rings. The maximum absolute atomic E-state index is 5.32. The molecule has 0 aliphatic heterocycles. The minimum absolute atomic E-state index is 0.464. The second-order valence-electron chi connectivity index (χ2n) is 1.79. The fourth-order valence-electron chi connectivity index (χ4n) is 0.630. The molecule has 0 aromatic heterocycles. The van der Waals surface area contributed by atoms with Gasteiger partial charge in [0.2, 0.25) is 0 Å². The van der Waals surface area contributed by atoms with Crippen LogP contribution in [0.1, 0.15) is 0 Å². The third-order valence-electron chi connectivity index (χ3n) is 0.995. The fourth-order valence-corrected chi connectivity index (χ4v) is 0.851. The Hall–Kier alpha value is -0.791. The molecule has 0 saturated carbocycles. The standard InChI is InChI=1S/C7H7N2Se/c8-7(10)9-6-4-2-1-3-5-6/h1-5H,(H2,8,9). The zero-order valence-corrected chi connectivity index (χ0v) is 7.03. The van der Waals surface area contributed by atoms with E-state index in [1.165, 1.54) is 0 Å². The summed E-state index contributed by atoms with van der Waals surface area (Å²) in [5.74, 6) is 0. The molecule has 0 bridgehead atoms. The second-order valence-corrected chi connectivity index (χ2v) is 2.66. The van der Waals surface area contributed by atoms with Crippen LogP contribution in [-0.2, 0) is 0 Å². The van der Waals surface area contributed by atoms with Crippen molar-refractivity contribution in [3.63, 3.8) is 0 Å². The van der Waals surface area contributed by atoms with Crippen LogP contribution in [0.4, 0.5) is 5.69 Å². The Morgan fingerprint density at radius 3 is 2.40 bits per heavy atom. The van der Waals surface area contributed by atoms with E-state index in [-0.39, 0.29) is 0 Å². The molecular formula is C7H7N2Se. The summed E-state index contributed by atoms with van der Waals surface area (Å²) in [6, 6.07) is 9.56. The normalized spacial score (nSPS) is 11.4. The number of hydrogen-bond acceptors (Lipinski definition) is 1. The fraction of sp³-hybridized carbons (Fsp3) is 0. The van der Waals surface area contributed by atoms with E-state index < -0.39 is 0 Å². The summed E-state index contributed by atoms with van der Waals surface area (Å²) >= 11 is 2.62. The first kappa shape index (κ1) is 7.32. The molecule has 0 heterocycles. The number of nitrogens with two attached hydrogens (primary N) is 1. The molecule has 1 aromatic carbocycles. The molecule has 2 N–H and O–H groups in total. The average Bonchev–Trinajstić information content (AvgIpc) is 1.88. The molecule has 1 radical (unpaired) electrons. The monoisotopic (exact) mass is 199 g/mol. The van der Waals surface area contributed by atoms with Crippen molar-refractivity contribution in [3.05, 3.63) is 30.3 Å². The molecule has 0 atom stereocenters. The van der Waals surface area contributed by atoms with Crippen LogP contribution in [0, 0.1) is 0 Å². The van der Waals surface area contributed by atoms with Gasteiger partial charge in [-0.05, 0) is 0 Å². The molecule has 1 aromatic rings. The van der Waals surface area contributed by atoms with Crippen molar-refractivity contribution < 1.29 is 0 Å². The van der Waals surface area contributed by atoms with E-state index in [1.807, 2.05) is 30.3 Å². The Balaban J connectivity index is 2.87. The predicted molar refractivity (Wildman–Crippen MR) is 43.5 cm³/mol. The van der Waals surface area contributed by atoms with E-state index in [0.29, 0.717) is 4.73 Å². The van der Waals surface area contributed by atoms with Gasteiger partial charge in [0.25, 0.3) is 0 Å². The number of aliphatic imine (C=N–C) groups is 1. The van der Waals surface area contributed by atoms with Crippen LogP contribution in [0.2, 0.25) is 0 Å². The summed E-state index contributed by atoms with van der Waals surface area (Å²) in [6.45, 7) is 0. The van der Waals surface area contributed by atoms with Crippen LogP contribution in [0.5, 0.6) is 0 Å². The Bertz CT molecular complexity index is 227. The number of benzene rings is 1. The van der Waals surface area contributed by atoms with E-state index in [0.717, 1.165) is 5.69 Å². The van der Waals surface area contributed by atoms with Crippen molar-refractivity contribution in [1.29, 1.82) is 0 Å². The van der Waals surface area contributed by atoms with Crippen LogP contribution in [-0.4, -0.2) is 20.7 Å². The van der Waals surface area contributed by atoms with Gasteiger partial charge in [0.1, 0.15) is 0 Å². The van der Waals surface area contributed by atoms with Gasteiger partial charge in [-0.2, -0.15) is 0 Å². The van der Waals surface area contributed by atoms with Crippen molar-refractivity contribution in [3.8, 4) is 0 Å². The summed E-state index contributed by atoms with van der Waals surface area (Å²) in [5, 5.41) is 0. The Labute approximate surface area is 68.0 Å². The summed E-state index contributed by atoms with van der Waals surface area (Å²) in [6.07, 6.45) is 0. The van der Waals surface area contributed by atoms with E-state index >= 15 is 0 Å². The number of nitrogens with zero attached hydrogens (tertiary/aromatic N) is 1. The van der Waals surface area contributed by atoms with Crippen LogP contribution in [0.3, 0.4) is 0 Å². The summed E-state index contributed by atoms with van der Waals surface area (Å²) < 4.78 is 0.464. The van der Waals surface area contributed by atoms with Gasteiger partial charge in [0.05, 0.1) is 0 Å². The molecule has 3 heteroatoms.